The largest absolute Gasteiger partial charge is 0.494 e. The van der Waals surface area contributed by atoms with Crippen LogP contribution < -0.4 is 10.2 Å². The topological polar surface area (TPSA) is 68.5 Å². The van der Waals surface area contributed by atoms with Crippen molar-refractivity contribution in [3.8, 4) is 5.75 Å². The van der Waals surface area contributed by atoms with Gasteiger partial charge < -0.3 is 4.74 Å². The lowest BCUT2D eigenvalue weighted by atomic mass is 10.2. The van der Waals surface area contributed by atoms with Crippen LogP contribution in [0, 0.1) is 3.57 Å². The van der Waals surface area contributed by atoms with Crippen LogP contribution in [0.15, 0.2) is 35.6 Å². The van der Waals surface area contributed by atoms with Gasteiger partial charge in [-0.15, -0.1) is 0 Å². The summed E-state index contributed by atoms with van der Waals surface area (Å²) in [5.41, 5.74) is 3.71. The molecule has 7 heteroatoms. The molecule has 0 unspecified atom stereocenters. The van der Waals surface area contributed by atoms with E-state index in [9.17, 15) is 4.79 Å². The minimum Gasteiger partial charge on any atom is -0.494 e. The Kier molecular flexibility index (Phi) is 5.93. The number of aryl methyl sites for hydroxylation is 1. The maximum atomic E-state index is 11.9. The fourth-order valence-corrected chi connectivity index (χ4v) is 2.46. The Morgan fingerprint density at radius 2 is 2.18 bits per heavy atom. The Hall–Kier alpha value is -1.90. The van der Waals surface area contributed by atoms with Crippen LogP contribution in [-0.4, -0.2) is 28.5 Å². The lowest BCUT2D eigenvalue weighted by Gasteiger charge is -2.03. The van der Waals surface area contributed by atoms with Gasteiger partial charge in [-0.3, -0.25) is 9.48 Å². The molecule has 0 bridgehead atoms. The number of nitrogens with one attached hydrogen (secondary N) is 1. The average Bonchev–Trinajstić information content (AvgIpc) is 2.85. The fraction of sp³-hybridized carbons (Fsp3) is 0.267. The Morgan fingerprint density at radius 3 is 2.77 bits per heavy atom. The smallest absolute Gasteiger partial charge is 0.292 e. The van der Waals surface area contributed by atoms with Gasteiger partial charge >= 0.3 is 0 Å². The quantitative estimate of drug-likeness (QED) is 0.451. The minimum absolute atomic E-state index is 0.329. The summed E-state index contributed by atoms with van der Waals surface area (Å²) in [6.45, 7) is 2.76. The molecule has 0 radical (unpaired) electrons. The molecule has 0 atom stereocenters. The zero-order chi connectivity index (χ0) is 15.9. The van der Waals surface area contributed by atoms with Crippen LogP contribution in [-0.2, 0) is 7.05 Å². The molecule has 116 valence electrons. The van der Waals surface area contributed by atoms with Gasteiger partial charge in [0.05, 0.1) is 16.4 Å². The van der Waals surface area contributed by atoms with Gasteiger partial charge in [-0.1, -0.05) is 6.92 Å². The molecule has 1 aromatic carbocycles. The van der Waals surface area contributed by atoms with Crippen molar-refractivity contribution >= 4 is 34.7 Å². The number of ether oxygens (including phenoxy) is 1. The number of nitrogens with zero attached hydrogens (tertiary/aromatic N) is 3. The van der Waals surface area contributed by atoms with Crippen LogP contribution in [0.3, 0.4) is 0 Å². The number of hydrogen-bond acceptors (Lipinski definition) is 4. The number of amides is 1. The number of hydrazone groups is 1. The van der Waals surface area contributed by atoms with E-state index in [1.54, 1.807) is 24.1 Å². The third kappa shape index (κ3) is 4.55. The molecule has 0 aliphatic heterocycles. The Bertz CT molecular complexity index is 665. The Labute approximate surface area is 142 Å². The average molecular weight is 412 g/mol. The highest BCUT2D eigenvalue weighted by atomic mass is 127. The van der Waals surface area contributed by atoms with Crippen LogP contribution in [0.2, 0.25) is 0 Å². The van der Waals surface area contributed by atoms with Crippen molar-refractivity contribution in [1.29, 1.82) is 0 Å². The number of hydrogen-bond donors (Lipinski definition) is 1. The summed E-state index contributed by atoms with van der Waals surface area (Å²) in [5.74, 6) is 0.496. The minimum atomic E-state index is -0.329. The summed E-state index contributed by atoms with van der Waals surface area (Å²) < 4.78 is 7.88. The third-order valence-electron chi connectivity index (χ3n) is 2.73. The van der Waals surface area contributed by atoms with Crippen LogP contribution in [0.25, 0.3) is 0 Å². The number of carbonyl (C=O) groups is 1. The number of carbonyl (C=O) groups excluding carboxylic acids is 1. The van der Waals surface area contributed by atoms with Crippen molar-refractivity contribution in [2.24, 2.45) is 12.1 Å². The molecule has 0 aliphatic rings. The molecule has 6 nitrogen and oxygen atoms in total. The molecule has 1 N–H and O–H groups in total. The summed E-state index contributed by atoms with van der Waals surface area (Å²) in [6.07, 6.45) is 4.33. The molecule has 0 fully saturated rings. The predicted octanol–water partition coefficient (Wildman–Crippen LogP) is 2.58. The van der Waals surface area contributed by atoms with Gasteiger partial charge in [-0.25, -0.2) is 5.43 Å². The summed E-state index contributed by atoms with van der Waals surface area (Å²) in [6, 6.07) is 7.51. The van der Waals surface area contributed by atoms with Gasteiger partial charge in [-0.05, 0) is 58.8 Å². The molecule has 22 heavy (non-hydrogen) atoms. The van der Waals surface area contributed by atoms with Crippen molar-refractivity contribution in [2.75, 3.05) is 6.61 Å². The molecule has 2 rings (SSSR count). The lowest BCUT2D eigenvalue weighted by Crippen LogP contribution is -2.19. The van der Waals surface area contributed by atoms with Gasteiger partial charge in [-0.2, -0.15) is 10.2 Å². The van der Waals surface area contributed by atoms with Gasteiger partial charge in [0.1, 0.15) is 5.75 Å². The van der Waals surface area contributed by atoms with E-state index >= 15 is 0 Å². The van der Waals surface area contributed by atoms with Crippen LogP contribution in [0.1, 0.15) is 29.4 Å². The van der Waals surface area contributed by atoms with E-state index in [1.807, 2.05) is 24.3 Å². The van der Waals surface area contributed by atoms with E-state index in [2.05, 4.69) is 45.1 Å². The van der Waals surface area contributed by atoms with E-state index in [0.29, 0.717) is 12.3 Å². The van der Waals surface area contributed by atoms with Gasteiger partial charge in [0.2, 0.25) is 0 Å². The summed E-state index contributed by atoms with van der Waals surface area (Å²) >= 11 is 2.06. The van der Waals surface area contributed by atoms with Gasteiger partial charge in [0.25, 0.3) is 5.91 Å². The number of halogens is 1. The maximum absolute atomic E-state index is 11.9. The van der Waals surface area contributed by atoms with E-state index in [4.69, 9.17) is 4.74 Å². The van der Waals surface area contributed by atoms with E-state index < -0.39 is 0 Å². The van der Waals surface area contributed by atoms with Gasteiger partial charge in [0, 0.05) is 13.2 Å². The standard InChI is InChI=1S/C15H17IN4O2/c1-3-8-22-12-6-4-11(5-7-12)9-17-18-15(21)14-13(16)10-20(2)19-14/h4-7,9-10H,3,8H2,1-2H3,(H,18,21). The zero-order valence-corrected chi connectivity index (χ0v) is 14.6. The van der Waals surface area contributed by atoms with Crippen molar-refractivity contribution < 1.29 is 9.53 Å². The summed E-state index contributed by atoms with van der Waals surface area (Å²) in [5, 5.41) is 8.02. The number of rotatable bonds is 6. The van der Waals surface area contributed by atoms with Crippen LogP contribution in [0.5, 0.6) is 5.75 Å². The highest BCUT2D eigenvalue weighted by molar-refractivity contribution is 14.1. The molecule has 0 aliphatic carbocycles. The summed E-state index contributed by atoms with van der Waals surface area (Å²) in [7, 11) is 1.77. The maximum Gasteiger partial charge on any atom is 0.292 e. The monoisotopic (exact) mass is 412 g/mol. The van der Waals surface area contributed by atoms with E-state index in [1.165, 1.54) is 0 Å². The Balaban J connectivity index is 1.92. The van der Waals surface area contributed by atoms with Crippen LogP contribution in [0.4, 0.5) is 0 Å². The number of benzene rings is 1. The molecular weight excluding hydrogens is 395 g/mol. The van der Waals surface area contributed by atoms with E-state index in [0.717, 1.165) is 21.3 Å². The Morgan fingerprint density at radius 1 is 1.45 bits per heavy atom. The van der Waals surface area contributed by atoms with Gasteiger partial charge in [0.15, 0.2) is 5.69 Å². The molecule has 0 saturated heterocycles. The predicted molar refractivity (Wildman–Crippen MR) is 93.2 cm³/mol. The lowest BCUT2D eigenvalue weighted by molar-refractivity contribution is 0.0948. The van der Waals surface area contributed by atoms with Crippen molar-refractivity contribution in [1.82, 2.24) is 15.2 Å². The first-order valence-corrected chi connectivity index (χ1v) is 7.93. The van der Waals surface area contributed by atoms with Crippen LogP contribution >= 0.6 is 22.6 Å². The molecule has 1 heterocycles. The highest BCUT2D eigenvalue weighted by Crippen LogP contribution is 2.11. The number of aromatic nitrogens is 2. The fourth-order valence-electron chi connectivity index (χ4n) is 1.70. The first-order chi connectivity index (χ1) is 10.6. The second kappa shape index (κ2) is 7.92. The second-order valence-corrected chi connectivity index (χ2v) is 5.78. The molecule has 1 amide bonds. The molecule has 0 saturated carbocycles. The first-order valence-electron chi connectivity index (χ1n) is 6.85. The van der Waals surface area contributed by atoms with Crippen molar-refractivity contribution in [3.05, 3.63) is 45.3 Å². The summed E-state index contributed by atoms with van der Waals surface area (Å²) in [4.78, 5) is 11.9. The first kappa shape index (κ1) is 16.5. The SMILES string of the molecule is CCCOc1ccc(C=NNC(=O)c2nn(C)cc2I)cc1. The molecule has 1 aromatic heterocycles. The van der Waals surface area contributed by atoms with E-state index in [-0.39, 0.29) is 5.91 Å². The molecular formula is C15H17IN4O2. The highest BCUT2D eigenvalue weighted by Gasteiger charge is 2.13. The van der Waals surface area contributed by atoms with Crippen molar-refractivity contribution in [2.45, 2.75) is 13.3 Å². The third-order valence-corrected chi connectivity index (χ3v) is 3.52. The molecule has 0 spiro atoms. The van der Waals surface area contributed by atoms with Crippen molar-refractivity contribution in [3.63, 3.8) is 0 Å². The normalized spacial score (nSPS) is 10.9. The second-order valence-electron chi connectivity index (χ2n) is 4.62. The zero-order valence-electron chi connectivity index (χ0n) is 12.4. The molecule has 2 aromatic rings.